The molecule has 2 rings (SSSR count). The summed E-state index contributed by atoms with van der Waals surface area (Å²) in [5.41, 5.74) is 13.5. The smallest absolute Gasteiger partial charge is 0.343 e. The minimum absolute atomic E-state index is 0.00263. The predicted molar refractivity (Wildman–Crippen MR) is 130 cm³/mol. The van der Waals surface area contributed by atoms with Crippen LogP contribution in [0.15, 0.2) is 47.5 Å². The Balaban J connectivity index is 2.06. The summed E-state index contributed by atoms with van der Waals surface area (Å²) in [6.07, 6.45) is 0.655. The van der Waals surface area contributed by atoms with Crippen LogP contribution < -0.4 is 16.2 Å². The standard InChI is InChI=1S/C25H32N4O5/c1-25(2,3)14-18-13-17(8-11-20(18)28-24(26)27)23(32)34-19-9-6-16(7-10-19)12-22(31)33-15-21(30)29(4)5/h6-11,13H,12,14-15H2,1-5H3,(H4,26,27,28). The Kier molecular flexibility index (Phi) is 8.77. The topological polar surface area (TPSA) is 137 Å². The zero-order chi connectivity index (χ0) is 25.5. The van der Waals surface area contributed by atoms with Gasteiger partial charge < -0.3 is 25.8 Å². The van der Waals surface area contributed by atoms with Gasteiger partial charge in [0.2, 0.25) is 0 Å². The van der Waals surface area contributed by atoms with E-state index in [-0.39, 0.29) is 30.3 Å². The summed E-state index contributed by atoms with van der Waals surface area (Å²) in [6.45, 7) is 5.93. The van der Waals surface area contributed by atoms with Crippen LogP contribution in [0, 0.1) is 5.41 Å². The van der Waals surface area contributed by atoms with Crippen LogP contribution in [0.3, 0.4) is 0 Å². The average Bonchev–Trinajstić information content (AvgIpc) is 2.73. The lowest BCUT2D eigenvalue weighted by Gasteiger charge is -2.20. The lowest BCUT2D eigenvalue weighted by molar-refractivity contribution is -0.150. The number of carbonyl (C=O) groups is 3. The van der Waals surface area contributed by atoms with Crippen molar-refractivity contribution in [2.75, 3.05) is 20.7 Å². The molecule has 0 aliphatic heterocycles. The van der Waals surface area contributed by atoms with E-state index in [2.05, 4.69) is 25.8 Å². The molecule has 0 fully saturated rings. The fraction of sp³-hybridized carbons (Fsp3) is 0.360. The molecule has 0 saturated carbocycles. The van der Waals surface area contributed by atoms with Gasteiger partial charge in [-0.05, 0) is 53.3 Å². The molecule has 0 aliphatic rings. The SMILES string of the molecule is CN(C)C(=O)COC(=O)Cc1ccc(OC(=O)c2ccc(N=C(N)N)c(CC(C)(C)C)c2)cc1. The van der Waals surface area contributed by atoms with Gasteiger partial charge in [0.1, 0.15) is 5.75 Å². The van der Waals surface area contributed by atoms with Crippen LogP contribution >= 0.6 is 0 Å². The minimum Gasteiger partial charge on any atom is -0.455 e. The molecule has 0 unspecified atom stereocenters. The van der Waals surface area contributed by atoms with Gasteiger partial charge >= 0.3 is 11.9 Å². The van der Waals surface area contributed by atoms with E-state index in [0.717, 1.165) is 5.56 Å². The third-order valence-corrected chi connectivity index (χ3v) is 4.62. The van der Waals surface area contributed by atoms with Crippen LogP contribution in [0.1, 0.15) is 42.3 Å². The number of aliphatic imine (C=N–C) groups is 1. The van der Waals surface area contributed by atoms with E-state index in [9.17, 15) is 14.4 Å². The first-order valence-electron chi connectivity index (χ1n) is 10.7. The monoisotopic (exact) mass is 468 g/mol. The van der Waals surface area contributed by atoms with Crippen molar-refractivity contribution in [3.8, 4) is 5.75 Å². The second-order valence-electron chi connectivity index (χ2n) is 9.28. The quantitative estimate of drug-likeness (QED) is 0.263. The minimum atomic E-state index is -0.527. The molecule has 0 aliphatic carbocycles. The molecule has 9 heteroatoms. The number of hydrogen-bond acceptors (Lipinski definition) is 6. The van der Waals surface area contributed by atoms with E-state index in [4.69, 9.17) is 20.9 Å². The van der Waals surface area contributed by atoms with Gasteiger partial charge in [-0.1, -0.05) is 32.9 Å². The predicted octanol–water partition coefficient (Wildman–Crippen LogP) is 2.57. The van der Waals surface area contributed by atoms with Crippen molar-refractivity contribution in [2.45, 2.75) is 33.6 Å². The molecule has 1 amide bonds. The molecule has 34 heavy (non-hydrogen) atoms. The lowest BCUT2D eigenvalue weighted by atomic mass is 9.87. The van der Waals surface area contributed by atoms with Crippen LogP contribution in [0.5, 0.6) is 5.75 Å². The zero-order valence-electron chi connectivity index (χ0n) is 20.3. The second kappa shape index (κ2) is 11.3. The van der Waals surface area contributed by atoms with E-state index in [1.54, 1.807) is 56.6 Å². The Morgan fingerprint density at radius 3 is 2.21 bits per heavy atom. The van der Waals surface area contributed by atoms with Gasteiger partial charge in [0.15, 0.2) is 12.6 Å². The number of nitrogens with zero attached hydrogens (tertiary/aromatic N) is 2. The van der Waals surface area contributed by atoms with Gasteiger partial charge in [0.05, 0.1) is 17.7 Å². The van der Waals surface area contributed by atoms with Crippen LogP contribution in [0.4, 0.5) is 5.69 Å². The molecule has 2 aromatic carbocycles. The van der Waals surface area contributed by atoms with Gasteiger partial charge in [0, 0.05) is 14.1 Å². The summed E-state index contributed by atoms with van der Waals surface area (Å²) in [5, 5.41) is 0. The molecule has 0 aromatic heterocycles. The van der Waals surface area contributed by atoms with Crippen molar-refractivity contribution >= 4 is 29.5 Å². The van der Waals surface area contributed by atoms with Crippen LogP contribution in [0.25, 0.3) is 0 Å². The van der Waals surface area contributed by atoms with Crippen molar-refractivity contribution < 1.29 is 23.9 Å². The summed E-state index contributed by atoms with van der Waals surface area (Å²) >= 11 is 0. The highest BCUT2D eigenvalue weighted by Gasteiger charge is 2.18. The molecule has 0 atom stereocenters. The number of amides is 1. The number of nitrogens with two attached hydrogens (primary N) is 2. The maximum Gasteiger partial charge on any atom is 0.343 e. The zero-order valence-corrected chi connectivity index (χ0v) is 20.3. The maximum absolute atomic E-state index is 12.7. The van der Waals surface area contributed by atoms with E-state index in [0.29, 0.717) is 29.0 Å². The number of esters is 2. The molecule has 182 valence electrons. The number of guanidine groups is 1. The molecular weight excluding hydrogens is 436 g/mol. The number of hydrogen-bond donors (Lipinski definition) is 2. The van der Waals surface area contributed by atoms with Crippen LogP contribution in [-0.2, 0) is 27.2 Å². The van der Waals surface area contributed by atoms with Gasteiger partial charge in [-0.25, -0.2) is 9.79 Å². The van der Waals surface area contributed by atoms with Crippen molar-refractivity contribution in [3.05, 3.63) is 59.2 Å². The fourth-order valence-electron chi connectivity index (χ4n) is 3.00. The molecule has 0 heterocycles. The molecule has 0 saturated heterocycles. The van der Waals surface area contributed by atoms with E-state index in [1.165, 1.54) is 4.90 Å². The van der Waals surface area contributed by atoms with E-state index in [1.807, 2.05) is 0 Å². The summed E-state index contributed by atoms with van der Waals surface area (Å²) in [6, 6.07) is 11.5. The number of rotatable bonds is 8. The summed E-state index contributed by atoms with van der Waals surface area (Å²) < 4.78 is 10.4. The molecule has 4 N–H and O–H groups in total. The number of benzene rings is 2. The highest BCUT2D eigenvalue weighted by Crippen LogP contribution is 2.29. The van der Waals surface area contributed by atoms with Crippen LogP contribution in [-0.4, -0.2) is 49.4 Å². The highest BCUT2D eigenvalue weighted by atomic mass is 16.5. The van der Waals surface area contributed by atoms with E-state index >= 15 is 0 Å². The Bertz CT molecular complexity index is 1070. The molecular formula is C25H32N4O5. The van der Waals surface area contributed by atoms with Gasteiger partial charge in [0.25, 0.3) is 5.91 Å². The molecule has 2 aromatic rings. The number of likely N-dealkylation sites (N-methyl/N-ethyl adjacent to an activating group) is 1. The van der Waals surface area contributed by atoms with Gasteiger partial charge in [-0.15, -0.1) is 0 Å². The fourth-order valence-corrected chi connectivity index (χ4v) is 3.00. The van der Waals surface area contributed by atoms with E-state index < -0.39 is 11.9 Å². The summed E-state index contributed by atoms with van der Waals surface area (Å²) in [4.78, 5) is 41.6. The van der Waals surface area contributed by atoms with Crippen molar-refractivity contribution in [3.63, 3.8) is 0 Å². The van der Waals surface area contributed by atoms with Crippen molar-refractivity contribution in [1.82, 2.24) is 4.90 Å². The lowest BCUT2D eigenvalue weighted by Crippen LogP contribution is -2.27. The third-order valence-electron chi connectivity index (χ3n) is 4.62. The average molecular weight is 469 g/mol. The van der Waals surface area contributed by atoms with Gasteiger partial charge in [-0.2, -0.15) is 0 Å². The first kappa shape index (κ1) is 26.4. The van der Waals surface area contributed by atoms with Crippen molar-refractivity contribution in [2.24, 2.45) is 21.9 Å². The van der Waals surface area contributed by atoms with Gasteiger partial charge in [-0.3, -0.25) is 9.59 Å². The molecule has 0 bridgehead atoms. The number of carbonyl (C=O) groups excluding carboxylic acids is 3. The van der Waals surface area contributed by atoms with Crippen LogP contribution in [0.2, 0.25) is 0 Å². The Labute approximate surface area is 199 Å². The third kappa shape index (κ3) is 8.57. The molecule has 0 radical (unpaired) electrons. The van der Waals surface area contributed by atoms with Crippen molar-refractivity contribution in [1.29, 1.82) is 0 Å². The number of ether oxygens (including phenoxy) is 2. The summed E-state index contributed by atoms with van der Waals surface area (Å²) in [5.74, 6) is -1.07. The largest absolute Gasteiger partial charge is 0.455 e. The summed E-state index contributed by atoms with van der Waals surface area (Å²) in [7, 11) is 3.17. The normalized spacial score (nSPS) is 10.9. The highest BCUT2D eigenvalue weighted by molar-refractivity contribution is 5.92. The molecule has 0 spiro atoms. The maximum atomic E-state index is 12.7. The molecule has 9 nitrogen and oxygen atoms in total. The Morgan fingerprint density at radius 1 is 1.00 bits per heavy atom. The Morgan fingerprint density at radius 2 is 1.65 bits per heavy atom. The first-order chi connectivity index (χ1) is 15.8. The first-order valence-corrected chi connectivity index (χ1v) is 10.7. The Hall–Kier alpha value is -3.88. The second-order valence-corrected chi connectivity index (χ2v) is 9.28.